The molecule has 130 valence electrons. The number of non-ortho nitro benzene ring substituents is 1. The van der Waals surface area contributed by atoms with Crippen LogP contribution in [0.4, 0.5) is 5.69 Å². The average Bonchev–Trinajstić information content (AvgIpc) is 2.59. The monoisotopic (exact) mass is 452 g/mol. The van der Waals surface area contributed by atoms with Crippen molar-refractivity contribution in [1.82, 2.24) is 0 Å². The molecule has 2 N–H and O–H groups in total. The summed E-state index contributed by atoms with van der Waals surface area (Å²) in [6, 6.07) is 6.22. The largest absolute Gasteiger partial charge is 0.422 e. The van der Waals surface area contributed by atoms with Gasteiger partial charge in [-0.3, -0.25) is 10.1 Å². The molecule has 0 atom stereocenters. The first-order valence-corrected chi connectivity index (χ1v) is 8.60. The summed E-state index contributed by atoms with van der Waals surface area (Å²) < 4.78 is 6.18. The van der Waals surface area contributed by atoms with Crippen LogP contribution in [0, 0.1) is 13.7 Å². The molecular formula is C18H17IN2O4. The Morgan fingerprint density at radius 3 is 2.72 bits per heavy atom. The van der Waals surface area contributed by atoms with E-state index in [0.29, 0.717) is 22.2 Å². The molecule has 0 saturated heterocycles. The van der Waals surface area contributed by atoms with Crippen molar-refractivity contribution in [2.24, 2.45) is 5.73 Å². The Balaban J connectivity index is 2.61. The van der Waals surface area contributed by atoms with E-state index in [1.165, 1.54) is 12.1 Å². The zero-order chi connectivity index (χ0) is 18.6. The van der Waals surface area contributed by atoms with Gasteiger partial charge in [0, 0.05) is 39.1 Å². The molecule has 0 radical (unpaired) electrons. The molecule has 0 aliphatic heterocycles. The molecule has 2 aromatic rings. The van der Waals surface area contributed by atoms with Crippen LogP contribution in [0.15, 0.2) is 45.3 Å². The highest BCUT2D eigenvalue weighted by atomic mass is 127. The number of nitrogens with two attached hydrogens (primary N) is 1. The molecular weight excluding hydrogens is 435 g/mol. The van der Waals surface area contributed by atoms with Crippen LogP contribution >= 0.6 is 22.6 Å². The first-order chi connectivity index (χ1) is 11.9. The molecule has 0 amide bonds. The van der Waals surface area contributed by atoms with Gasteiger partial charge in [-0.25, -0.2) is 4.79 Å². The quantitative estimate of drug-likeness (QED) is 0.436. The summed E-state index contributed by atoms with van der Waals surface area (Å²) in [6.45, 7) is 3.64. The fraction of sp³-hybridized carbons (Fsp3) is 0.167. The van der Waals surface area contributed by atoms with E-state index in [1.807, 2.05) is 13.0 Å². The van der Waals surface area contributed by atoms with Gasteiger partial charge in [-0.2, -0.15) is 0 Å². The van der Waals surface area contributed by atoms with E-state index in [1.54, 1.807) is 31.2 Å². The lowest BCUT2D eigenvalue weighted by Crippen LogP contribution is -2.35. The third-order valence-electron chi connectivity index (χ3n) is 3.64. The van der Waals surface area contributed by atoms with Crippen LogP contribution in [-0.2, 0) is 6.42 Å². The highest BCUT2D eigenvalue weighted by Crippen LogP contribution is 2.16. The standard InChI is InChI=1S/C18H17IN2O4/c1-3-12(20)10-16-14(4-2)17(19)15(18(22)25-16)9-11-6-5-7-13(8-11)21(23)24/h3-8,10H,9,20H2,1-2H3/b12-3+,14-4+,16-10+. The van der Waals surface area contributed by atoms with Crippen LogP contribution in [0.1, 0.15) is 25.0 Å². The van der Waals surface area contributed by atoms with E-state index in [4.69, 9.17) is 10.2 Å². The van der Waals surface area contributed by atoms with Crippen molar-refractivity contribution in [3.63, 3.8) is 0 Å². The molecule has 0 aliphatic rings. The van der Waals surface area contributed by atoms with Gasteiger partial charge < -0.3 is 10.2 Å². The zero-order valence-corrected chi connectivity index (χ0v) is 15.9. The second kappa shape index (κ2) is 8.11. The van der Waals surface area contributed by atoms with Crippen molar-refractivity contribution in [2.75, 3.05) is 0 Å². The minimum Gasteiger partial charge on any atom is -0.422 e. The molecule has 1 heterocycles. The number of hydrogen-bond donors (Lipinski definition) is 1. The van der Waals surface area contributed by atoms with Crippen LogP contribution in [-0.4, -0.2) is 4.92 Å². The second-order valence-electron chi connectivity index (χ2n) is 5.29. The predicted molar refractivity (Wildman–Crippen MR) is 105 cm³/mol. The summed E-state index contributed by atoms with van der Waals surface area (Å²) in [6.07, 6.45) is 5.41. The normalized spacial score (nSPS) is 13.3. The minimum absolute atomic E-state index is 0.00927. The molecule has 1 aromatic carbocycles. The number of nitrogens with zero attached hydrogens (tertiary/aromatic N) is 1. The zero-order valence-electron chi connectivity index (χ0n) is 13.8. The van der Waals surface area contributed by atoms with Crippen LogP contribution in [0.25, 0.3) is 12.2 Å². The lowest BCUT2D eigenvalue weighted by atomic mass is 10.1. The SMILES string of the molecule is C\C=C(N)/C=c1/oc(=O)c(Cc2cccc([N+](=O)[O-])c2)c(I)/c1=C/C. The third kappa shape index (κ3) is 4.36. The number of rotatable bonds is 4. The van der Waals surface area contributed by atoms with Crippen molar-refractivity contribution in [2.45, 2.75) is 20.3 Å². The van der Waals surface area contributed by atoms with Crippen LogP contribution in [0.2, 0.25) is 0 Å². The van der Waals surface area contributed by atoms with Crippen LogP contribution < -0.4 is 22.0 Å². The van der Waals surface area contributed by atoms with E-state index in [2.05, 4.69) is 22.6 Å². The molecule has 0 spiro atoms. The Labute approximate surface area is 157 Å². The van der Waals surface area contributed by atoms with Gasteiger partial charge in [0.2, 0.25) is 0 Å². The summed E-state index contributed by atoms with van der Waals surface area (Å²) in [7, 11) is 0. The summed E-state index contributed by atoms with van der Waals surface area (Å²) in [5.41, 5.74) is 7.34. The van der Waals surface area contributed by atoms with Crippen molar-refractivity contribution >= 4 is 40.4 Å². The molecule has 7 heteroatoms. The second-order valence-corrected chi connectivity index (χ2v) is 6.36. The topological polar surface area (TPSA) is 99.4 Å². The lowest BCUT2D eigenvalue weighted by molar-refractivity contribution is -0.384. The van der Waals surface area contributed by atoms with Gasteiger partial charge in [0.05, 0.1) is 10.5 Å². The van der Waals surface area contributed by atoms with Crippen LogP contribution in [0.3, 0.4) is 0 Å². The van der Waals surface area contributed by atoms with Gasteiger partial charge >= 0.3 is 5.63 Å². The Morgan fingerprint density at radius 2 is 2.12 bits per heavy atom. The van der Waals surface area contributed by atoms with E-state index in [0.717, 1.165) is 8.79 Å². The van der Waals surface area contributed by atoms with Gasteiger partial charge in [0.15, 0.2) is 0 Å². The highest BCUT2D eigenvalue weighted by molar-refractivity contribution is 14.1. The smallest absolute Gasteiger partial charge is 0.340 e. The molecule has 0 unspecified atom stereocenters. The molecule has 1 aromatic heterocycles. The number of hydrogen-bond acceptors (Lipinski definition) is 5. The number of nitro groups is 1. The van der Waals surface area contributed by atoms with Gasteiger partial charge in [-0.1, -0.05) is 24.3 Å². The van der Waals surface area contributed by atoms with E-state index in [-0.39, 0.29) is 12.1 Å². The molecule has 0 aliphatic carbocycles. The highest BCUT2D eigenvalue weighted by Gasteiger charge is 2.13. The van der Waals surface area contributed by atoms with Gasteiger partial charge in [0.1, 0.15) is 5.42 Å². The number of halogens is 1. The Bertz CT molecular complexity index is 1020. The Hall–Kier alpha value is -2.42. The Kier molecular flexibility index (Phi) is 6.13. The number of allylic oxidation sites excluding steroid dienone is 2. The Morgan fingerprint density at radius 1 is 1.40 bits per heavy atom. The first-order valence-electron chi connectivity index (χ1n) is 7.52. The van der Waals surface area contributed by atoms with E-state index >= 15 is 0 Å². The summed E-state index contributed by atoms with van der Waals surface area (Å²) in [4.78, 5) is 22.9. The molecule has 6 nitrogen and oxygen atoms in total. The van der Waals surface area contributed by atoms with Crippen molar-refractivity contribution < 1.29 is 9.34 Å². The van der Waals surface area contributed by atoms with Crippen molar-refractivity contribution in [3.8, 4) is 0 Å². The predicted octanol–water partition coefficient (Wildman–Crippen LogP) is 2.19. The van der Waals surface area contributed by atoms with Gasteiger partial charge in [0.25, 0.3) is 5.69 Å². The molecule has 0 saturated carbocycles. The summed E-state index contributed by atoms with van der Waals surface area (Å²) in [5.74, 6) is 0. The van der Waals surface area contributed by atoms with Crippen LogP contribution in [0.5, 0.6) is 0 Å². The maximum absolute atomic E-state index is 12.4. The fourth-order valence-electron chi connectivity index (χ4n) is 2.32. The molecule has 0 bridgehead atoms. The first kappa shape index (κ1) is 18.9. The van der Waals surface area contributed by atoms with E-state index < -0.39 is 10.5 Å². The number of nitro benzene ring substituents is 1. The van der Waals surface area contributed by atoms with Crippen molar-refractivity contribution in [1.29, 1.82) is 0 Å². The number of benzene rings is 1. The van der Waals surface area contributed by atoms with E-state index in [9.17, 15) is 14.9 Å². The maximum atomic E-state index is 12.4. The lowest BCUT2D eigenvalue weighted by Gasteiger charge is -2.05. The molecule has 2 rings (SSSR count). The fourth-order valence-corrected chi connectivity index (χ4v) is 3.31. The van der Waals surface area contributed by atoms with Gasteiger partial charge in [-0.05, 0) is 42.0 Å². The average molecular weight is 452 g/mol. The third-order valence-corrected chi connectivity index (χ3v) is 4.87. The minimum atomic E-state index is -0.475. The maximum Gasteiger partial charge on any atom is 0.340 e. The summed E-state index contributed by atoms with van der Waals surface area (Å²) >= 11 is 2.09. The van der Waals surface area contributed by atoms with Gasteiger partial charge in [-0.15, -0.1) is 0 Å². The molecule has 25 heavy (non-hydrogen) atoms. The summed E-state index contributed by atoms with van der Waals surface area (Å²) in [5, 5.41) is 11.7. The molecule has 0 fully saturated rings. The van der Waals surface area contributed by atoms with Crippen molar-refractivity contribution in [3.05, 3.63) is 81.9 Å².